The second kappa shape index (κ2) is 2.78. The second-order valence-electron chi connectivity index (χ2n) is 4.39. The molecule has 1 aliphatic carbocycles. The largest absolute Gasteiger partial charge is 0.311 e. The van der Waals surface area contributed by atoms with Gasteiger partial charge in [0.1, 0.15) is 0 Å². The van der Waals surface area contributed by atoms with Gasteiger partial charge in [0.15, 0.2) is 0 Å². The summed E-state index contributed by atoms with van der Waals surface area (Å²) in [5, 5.41) is 3.41. The maximum Gasteiger partial charge on any atom is 0.0221 e. The molecule has 0 bridgehead atoms. The van der Waals surface area contributed by atoms with Crippen LogP contribution >= 0.6 is 0 Å². The molecule has 1 heteroatoms. The van der Waals surface area contributed by atoms with Gasteiger partial charge in [-0.05, 0) is 30.6 Å². The highest BCUT2D eigenvalue weighted by atomic mass is 15.1. The van der Waals surface area contributed by atoms with Gasteiger partial charge in [-0.15, -0.1) is 0 Å². The Bertz CT molecular complexity index is 134. The molecular weight excluding hydrogens is 134 g/mol. The molecule has 1 heterocycles. The van der Waals surface area contributed by atoms with Crippen molar-refractivity contribution in [3.63, 3.8) is 0 Å². The molecule has 1 saturated heterocycles. The van der Waals surface area contributed by atoms with Crippen molar-refractivity contribution in [3.05, 3.63) is 0 Å². The van der Waals surface area contributed by atoms with Gasteiger partial charge >= 0.3 is 0 Å². The van der Waals surface area contributed by atoms with Gasteiger partial charge in [-0.2, -0.15) is 0 Å². The zero-order valence-electron chi connectivity index (χ0n) is 7.64. The Morgan fingerprint density at radius 2 is 2.09 bits per heavy atom. The normalized spacial score (nSPS) is 44.7. The third-order valence-corrected chi connectivity index (χ3v) is 3.67. The van der Waals surface area contributed by atoms with Gasteiger partial charge < -0.3 is 5.32 Å². The first-order chi connectivity index (χ1) is 5.31. The molecule has 0 spiro atoms. The monoisotopic (exact) mass is 153 g/mol. The van der Waals surface area contributed by atoms with E-state index in [0.29, 0.717) is 0 Å². The Balaban J connectivity index is 1.70. The molecule has 2 fully saturated rings. The van der Waals surface area contributed by atoms with Crippen LogP contribution in [0.3, 0.4) is 0 Å². The molecule has 0 aromatic heterocycles. The lowest BCUT2D eigenvalue weighted by molar-refractivity contribution is 0.128. The van der Waals surface area contributed by atoms with Crippen molar-refractivity contribution in [2.45, 2.75) is 39.2 Å². The highest BCUT2D eigenvalue weighted by molar-refractivity contribution is 4.97. The summed E-state index contributed by atoms with van der Waals surface area (Å²) >= 11 is 0. The van der Waals surface area contributed by atoms with E-state index in [9.17, 15) is 0 Å². The van der Waals surface area contributed by atoms with E-state index in [4.69, 9.17) is 0 Å². The Hall–Kier alpha value is -0.0400. The molecular formula is C10H19N. The van der Waals surface area contributed by atoms with Gasteiger partial charge in [-0.25, -0.2) is 0 Å². The Kier molecular flexibility index (Phi) is 1.92. The van der Waals surface area contributed by atoms with Gasteiger partial charge in [0, 0.05) is 12.6 Å². The van der Waals surface area contributed by atoms with Crippen LogP contribution in [-0.2, 0) is 0 Å². The molecule has 0 aromatic rings. The number of nitrogens with one attached hydrogen (secondary N) is 1. The van der Waals surface area contributed by atoms with E-state index >= 15 is 0 Å². The van der Waals surface area contributed by atoms with Gasteiger partial charge in [0.05, 0.1) is 0 Å². The van der Waals surface area contributed by atoms with Crippen LogP contribution in [0, 0.1) is 17.8 Å². The lowest BCUT2D eigenvalue weighted by atomic mass is 9.67. The fraction of sp³-hybridized carbons (Fsp3) is 1.00. The Morgan fingerprint density at radius 1 is 1.45 bits per heavy atom. The Labute approximate surface area is 69.6 Å². The summed E-state index contributed by atoms with van der Waals surface area (Å²) in [6, 6.07) is 0.926. The topological polar surface area (TPSA) is 21.9 Å². The van der Waals surface area contributed by atoms with Crippen molar-refractivity contribution in [1.29, 1.82) is 0 Å². The van der Waals surface area contributed by atoms with Crippen molar-refractivity contribution < 1.29 is 0 Å². The summed E-state index contributed by atoms with van der Waals surface area (Å²) in [5.74, 6) is 3.09. The van der Waals surface area contributed by atoms with E-state index in [1.807, 2.05) is 0 Å². The molecule has 0 radical (unpaired) electrons. The first kappa shape index (κ1) is 7.60. The molecule has 11 heavy (non-hydrogen) atoms. The molecule has 2 atom stereocenters. The molecule has 1 aliphatic heterocycles. The zero-order chi connectivity index (χ0) is 7.84. The quantitative estimate of drug-likeness (QED) is 0.616. The lowest BCUT2D eigenvalue weighted by Gasteiger charge is -2.38. The standard InChI is InChI=1S/C10H19N/c1-3-7(2)8-4-9(5-8)10-6-11-10/h7-11H,3-6H2,1-2H3. The average Bonchev–Trinajstić information content (AvgIpc) is 2.67. The van der Waals surface area contributed by atoms with E-state index in [1.54, 1.807) is 0 Å². The summed E-state index contributed by atoms with van der Waals surface area (Å²) in [6.07, 6.45) is 4.38. The van der Waals surface area contributed by atoms with Crippen molar-refractivity contribution >= 4 is 0 Å². The molecule has 2 rings (SSSR count). The minimum atomic E-state index is 0.926. The van der Waals surface area contributed by atoms with Crippen LogP contribution in [0.4, 0.5) is 0 Å². The predicted molar refractivity (Wildman–Crippen MR) is 47.5 cm³/mol. The summed E-state index contributed by atoms with van der Waals surface area (Å²) < 4.78 is 0. The van der Waals surface area contributed by atoms with Gasteiger partial charge in [-0.1, -0.05) is 20.3 Å². The average molecular weight is 153 g/mol. The van der Waals surface area contributed by atoms with Crippen LogP contribution in [-0.4, -0.2) is 12.6 Å². The van der Waals surface area contributed by atoms with Gasteiger partial charge in [-0.3, -0.25) is 0 Å². The van der Waals surface area contributed by atoms with Crippen LogP contribution in [0.25, 0.3) is 0 Å². The predicted octanol–water partition coefficient (Wildman–Crippen LogP) is 2.03. The molecule has 1 nitrogen and oxygen atoms in total. The van der Waals surface area contributed by atoms with Crippen molar-refractivity contribution in [1.82, 2.24) is 5.32 Å². The number of rotatable bonds is 3. The SMILES string of the molecule is CCC(C)C1CC(C2CN2)C1. The first-order valence-electron chi connectivity index (χ1n) is 5.04. The lowest BCUT2D eigenvalue weighted by Crippen LogP contribution is -2.32. The maximum atomic E-state index is 3.41. The summed E-state index contributed by atoms with van der Waals surface area (Å²) in [4.78, 5) is 0. The minimum Gasteiger partial charge on any atom is -0.311 e. The molecule has 0 aromatic carbocycles. The van der Waals surface area contributed by atoms with Crippen LogP contribution in [0.1, 0.15) is 33.1 Å². The molecule has 2 aliphatic rings. The molecule has 1 N–H and O–H groups in total. The fourth-order valence-electron chi connectivity index (χ4n) is 2.24. The van der Waals surface area contributed by atoms with E-state index < -0.39 is 0 Å². The Morgan fingerprint density at radius 3 is 2.55 bits per heavy atom. The highest BCUT2D eigenvalue weighted by Crippen LogP contribution is 2.43. The number of hydrogen-bond donors (Lipinski definition) is 1. The summed E-state index contributed by atoms with van der Waals surface area (Å²) in [5.41, 5.74) is 0. The van der Waals surface area contributed by atoms with E-state index in [0.717, 1.165) is 23.8 Å². The highest BCUT2D eigenvalue weighted by Gasteiger charge is 2.41. The second-order valence-corrected chi connectivity index (χ2v) is 4.39. The smallest absolute Gasteiger partial charge is 0.0221 e. The molecule has 2 unspecified atom stereocenters. The maximum absolute atomic E-state index is 3.41. The summed E-state index contributed by atoms with van der Waals surface area (Å²) in [7, 11) is 0. The van der Waals surface area contributed by atoms with E-state index in [2.05, 4.69) is 19.2 Å². The number of hydrogen-bond acceptors (Lipinski definition) is 1. The van der Waals surface area contributed by atoms with Crippen LogP contribution in [0.2, 0.25) is 0 Å². The van der Waals surface area contributed by atoms with Crippen molar-refractivity contribution in [2.24, 2.45) is 17.8 Å². The third-order valence-electron chi connectivity index (χ3n) is 3.67. The third kappa shape index (κ3) is 1.44. The van der Waals surface area contributed by atoms with Crippen LogP contribution in [0.15, 0.2) is 0 Å². The van der Waals surface area contributed by atoms with Crippen LogP contribution < -0.4 is 5.32 Å². The van der Waals surface area contributed by atoms with Gasteiger partial charge in [0.2, 0.25) is 0 Å². The van der Waals surface area contributed by atoms with E-state index in [-0.39, 0.29) is 0 Å². The fourth-order valence-corrected chi connectivity index (χ4v) is 2.24. The first-order valence-corrected chi connectivity index (χ1v) is 5.04. The summed E-state index contributed by atoms with van der Waals surface area (Å²) in [6.45, 7) is 6.02. The van der Waals surface area contributed by atoms with Gasteiger partial charge in [0.25, 0.3) is 0 Å². The van der Waals surface area contributed by atoms with Crippen LogP contribution in [0.5, 0.6) is 0 Å². The molecule has 64 valence electrons. The molecule has 1 saturated carbocycles. The minimum absolute atomic E-state index is 0.926. The molecule has 0 amide bonds. The zero-order valence-corrected chi connectivity index (χ0v) is 7.64. The van der Waals surface area contributed by atoms with Crippen molar-refractivity contribution in [3.8, 4) is 0 Å². The van der Waals surface area contributed by atoms with E-state index in [1.165, 1.54) is 25.8 Å². The van der Waals surface area contributed by atoms with Crippen molar-refractivity contribution in [2.75, 3.05) is 6.54 Å².